The predicted molar refractivity (Wildman–Crippen MR) is 65.1 cm³/mol. The summed E-state index contributed by atoms with van der Waals surface area (Å²) in [4.78, 5) is 4.52. The number of nitrogens with two attached hydrogens (primary N) is 1. The molecule has 1 unspecified atom stereocenters. The maximum absolute atomic E-state index is 5.62. The molecule has 0 heterocycles. The van der Waals surface area contributed by atoms with Gasteiger partial charge in [-0.05, 0) is 34.5 Å². The van der Waals surface area contributed by atoms with Gasteiger partial charge in [0.25, 0.3) is 0 Å². The lowest BCUT2D eigenvalue weighted by atomic mass is 10.2. The van der Waals surface area contributed by atoms with E-state index in [2.05, 4.69) is 30.9 Å². The van der Waals surface area contributed by atoms with Gasteiger partial charge in [0.05, 0.1) is 6.10 Å². The van der Waals surface area contributed by atoms with E-state index >= 15 is 0 Å². The summed E-state index contributed by atoms with van der Waals surface area (Å²) in [5, 5.41) is 0. The van der Waals surface area contributed by atoms with Crippen molar-refractivity contribution in [2.75, 3.05) is 53.9 Å². The van der Waals surface area contributed by atoms with Crippen molar-refractivity contribution in [2.24, 2.45) is 5.73 Å². The molecule has 0 saturated heterocycles. The van der Waals surface area contributed by atoms with Crippen LogP contribution >= 0.6 is 0 Å². The Kier molecular flexibility index (Phi) is 9.00. The molecule has 0 aromatic carbocycles. The summed E-state index contributed by atoms with van der Waals surface area (Å²) in [5.74, 6) is 0. The molecule has 0 aromatic heterocycles. The van der Waals surface area contributed by atoms with Crippen molar-refractivity contribution in [3.63, 3.8) is 0 Å². The zero-order valence-electron chi connectivity index (χ0n) is 10.7. The average molecular weight is 217 g/mol. The third-order valence-corrected chi connectivity index (χ3v) is 2.43. The van der Waals surface area contributed by atoms with Gasteiger partial charge in [0.1, 0.15) is 0 Å². The molecule has 0 aliphatic rings. The molecule has 0 aliphatic carbocycles. The van der Waals surface area contributed by atoms with Crippen molar-refractivity contribution >= 4 is 0 Å². The van der Waals surface area contributed by atoms with Gasteiger partial charge in [-0.1, -0.05) is 0 Å². The molecule has 0 radical (unpaired) electrons. The largest absolute Gasteiger partial charge is 0.377 e. The summed E-state index contributed by atoms with van der Waals surface area (Å²) in [6.45, 7) is 6.63. The molecule has 92 valence electrons. The highest BCUT2D eigenvalue weighted by Gasteiger charge is 2.07. The van der Waals surface area contributed by atoms with Crippen molar-refractivity contribution in [1.82, 2.24) is 9.80 Å². The lowest BCUT2D eigenvalue weighted by molar-refractivity contribution is 0.0560. The van der Waals surface area contributed by atoms with E-state index in [9.17, 15) is 0 Å². The summed E-state index contributed by atoms with van der Waals surface area (Å²) in [7, 11) is 6.33. The van der Waals surface area contributed by atoms with Crippen LogP contribution in [0.2, 0.25) is 0 Å². The van der Waals surface area contributed by atoms with Gasteiger partial charge in [-0.25, -0.2) is 0 Å². The first-order chi connectivity index (χ1) is 7.10. The summed E-state index contributed by atoms with van der Waals surface area (Å²) >= 11 is 0. The highest BCUT2D eigenvalue weighted by molar-refractivity contribution is 4.62. The Morgan fingerprint density at radius 1 is 1.13 bits per heavy atom. The van der Waals surface area contributed by atoms with Gasteiger partial charge in [0, 0.05) is 32.8 Å². The minimum Gasteiger partial charge on any atom is -0.377 e. The number of hydrogen-bond donors (Lipinski definition) is 1. The van der Waals surface area contributed by atoms with Crippen LogP contribution < -0.4 is 5.73 Å². The van der Waals surface area contributed by atoms with Crippen LogP contribution in [-0.2, 0) is 4.74 Å². The highest BCUT2D eigenvalue weighted by Crippen LogP contribution is 1.98. The Morgan fingerprint density at radius 2 is 1.80 bits per heavy atom. The summed E-state index contributed by atoms with van der Waals surface area (Å²) < 4.78 is 5.51. The van der Waals surface area contributed by atoms with E-state index in [0.29, 0.717) is 6.54 Å². The molecule has 1 atom stereocenters. The van der Waals surface area contributed by atoms with Crippen LogP contribution in [0.4, 0.5) is 0 Å². The molecule has 0 saturated carbocycles. The zero-order valence-corrected chi connectivity index (χ0v) is 10.7. The van der Waals surface area contributed by atoms with Gasteiger partial charge in [-0.15, -0.1) is 0 Å². The second kappa shape index (κ2) is 9.09. The van der Waals surface area contributed by atoms with Crippen LogP contribution in [0, 0.1) is 0 Å². The molecule has 2 N–H and O–H groups in total. The van der Waals surface area contributed by atoms with E-state index in [1.54, 1.807) is 0 Å². The van der Waals surface area contributed by atoms with E-state index in [1.165, 1.54) is 0 Å². The van der Waals surface area contributed by atoms with Crippen molar-refractivity contribution < 1.29 is 4.74 Å². The van der Waals surface area contributed by atoms with Gasteiger partial charge in [-0.2, -0.15) is 0 Å². The molecule has 0 aliphatic heterocycles. The normalized spacial score (nSPS) is 13.8. The third kappa shape index (κ3) is 8.81. The zero-order chi connectivity index (χ0) is 11.7. The van der Waals surface area contributed by atoms with Crippen LogP contribution in [0.25, 0.3) is 0 Å². The maximum atomic E-state index is 5.62. The first kappa shape index (κ1) is 14.8. The molecule has 15 heavy (non-hydrogen) atoms. The fourth-order valence-electron chi connectivity index (χ4n) is 1.35. The maximum Gasteiger partial charge on any atom is 0.0709 e. The first-order valence-corrected chi connectivity index (χ1v) is 5.75. The Bertz CT molecular complexity index is 142. The monoisotopic (exact) mass is 217 g/mol. The SMILES string of the molecule is CCOC(CN)CCN(C)CCN(C)C. The Labute approximate surface area is 94.4 Å². The van der Waals surface area contributed by atoms with Gasteiger partial charge in [0.15, 0.2) is 0 Å². The molecule has 0 aromatic rings. The standard InChI is InChI=1S/C11H27N3O/c1-5-15-11(10-12)6-7-14(4)9-8-13(2)3/h11H,5-10,12H2,1-4H3. The minimum atomic E-state index is 0.219. The van der Waals surface area contributed by atoms with Crippen LogP contribution in [0.5, 0.6) is 0 Å². The van der Waals surface area contributed by atoms with Crippen LogP contribution in [0.1, 0.15) is 13.3 Å². The van der Waals surface area contributed by atoms with E-state index in [4.69, 9.17) is 10.5 Å². The first-order valence-electron chi connectivity index (χ1n) is 5.75. The molecule has 0 spiro atoms. The van der Waals surface area contributed by atoms with E-state index in [0.717, 1.165) is 32.7 Å². The van der Waals surface area contributed by atoms with E-state index in [-0.39, 0.29) is 6.10 Å². The number of hydrogen-bond acceptors (Lipinski definition) is 4. The van der Waals surface area contributed by atoms with Gasteiger partial charge >= 0.3 is 0 Å². The molecule has 0 fully saturated rings. The fourth-order valence-corrected chi connectivity index (χ4v) is 1.35. The van der Waals surface area contributed by atoms with Crippen molar-refractivity contribution in [3.8, 4) is 0 Å². The second-order valence-corrected chi connectivity index (χ2v) is 4.21. The smallest absolute Gasteiger partial charge is 0.0709 e. The third-order valence-electron chi connectivity index (χ3n) is 2.43. The Balaban J connectivity index is 3.54. The number of rotatable bonds is 9. The quantitative estimate of drug-likeness (QED) is 0.600. The van der Waals surface area contributed by atoms with E-state index < -0.39 is 0 Å². The predicted octanol–water partition coefficient (Wildman–Crippen LogP) is 0.234. The topological polar surface area (TPSA) is 41.7 Å². The van der Waals surface area contributed by atoms with Crippen molar-refractivity contribution in [3.05, 3.63) is 0 Å². The lowest BCUT2D eigenvalue weighted by Gasteiger charge is -2.22. The van der Waals surface area contributed by atoms with Crippen molar-refractivity contribution in [2.45, 2.75) is 19.4 Å². The Hall–Kier alpha value is -0.160. The minimum absolute atomic E-state index is 0.219. The van der Waals surface area contributed by atoms with Crippen LogP contribution in [0.15, 0.2) is 0 Å². The number of likely N-dealkylation sites (N-methyl/N-ethyl adjacent to an activating group) is 2. The van der Waals surface area contributed by atoms with Gasteiger partial charge in [-0.3, -0.25) is 0 Å². The van der Waals surface area contributed by atoms with Crippen LogP contribution in [-0.4, -0.2) is 69.8 Å². The lowest BCUT2D eigenvalue weighted by Crippen LogP contribution is -2.33. The summed E-state index contributed by atoms with van der Waals surface area (Å²) in [5.41, 5.74) is 5.62. The molecule has 0 bridgehead atoms. The van der Waals surface area contributed by atoms with Gasteiger partial charge < -0.3 is 20.3 Å². The fraction of sp³-hybridized carbons (Fsp3) is 1.00. The molecule has 0 rings (SSSR count). The second-order valence-electron chi connectivity index (χ2n) is 4.21. The summed E-state index contributed by atoms with van der Waals surface area (Å²) in [6, 6.07) is 0. The molecular formula is C11H27N3O. The summed E-state index contributed by atoms with van der Waals surface area (Å²) in [6.07, 6.45) is 1.24. The highest BCUT2D eigenvalue weighted by atomic mass is 16.5. The average Bonchev–Trinajstić information content (AvgIpc) is 2.21. The van der Waals surface area contributed by atoms with Crippen LogP contribution in [0.3, 0.4) is 0 Å². The molecule has 4 nitrogen and oxygen atoms in total. The number of nitrogens with zero attached hydrogens (tertiary/aromatic N) is 2. The number of ether oxygens (including phenoxy) is 1. The van der Waals surface area contributed by atoms with E-state index in [1.807, 2.05) is 6.92 Å². The van der Waals surface area contributed by atoms with Crippen molar-refractivity contribution in [1.29, 1.82) is 0 Å². The molecular weight excluding hydrogens is 190 g/mol. The Morgan fingerprint density at radius 3 is 2.27 bits per heavy atom. The molecule has 0 amide bonds. The molecule has 4 heteroatoms. The van der Waals surface area contributed by atoms with Gasteiger partial charge in [0.2, 0.25) is 0 Å².